The van der Waals surface area contributed by atoms with E-state index < -0.39 is 0 Å². The van der Waals surface area contributed by atoms with Crippen LogP contribution in [0.15, 0.2) is 24.3 Å². The van der Waals surface area contributed by atoms with E-state index >= 15 is 0 Å². The van der Waals surface area contributed by atoms with E-state index in [1.807, 2.05) is 0 Å². The van der Waals surface area contributed by atoms with Crippen molar-refractivity contribution in [3.63, 3.8) is 0 Å². The Morgan fingerprint density at radius 2 is 1.85 bits per heavy atom. The largest absolute Gasteiger partial charge is 0.355 e. The monoisotopic (exact) mass is 272 g/mol. The zero-order valence-electron chi connectivity index (χ0n) is 11.6. The van der Waals surface area contributed by atoms with Crippen molar-refractivity contribution in [2.45, 2.75) is 13.8 Å². The number of anilines is 1. The molecular formula is C14H16N4O2. The highest BCUT2D eigenvalue weighted by Gasteiger charge is 2.17. The van der Waals surface area contributed by atoms with Gasteiger partial charge in [-0.1, -0.05) is 12.1 Å². The lowest BCUT2D eigenvalue weighted by Crippen LogP contribution is -2.21. The van der Waals surface area contributed by atoms with Crippen LogP contribution in [0.3, 0.4) is 0 Å². The van der Waals surface area contributed by atoms with Crippen molar-refractivity contribution in [3.05, 3.63) is 46.8 Å². The molecule has 2 rings (SSSR count). The van der Waals surface area contributed by atoms with Gasteiger partial charge >= 0.3 is 0 Å². The lowest BCUT2D eigenvalue weighted by molar-refractivity contribution is 0.0964. The second kappa shape index (κ2) is 5.56. The van der Waals surface area contributed by atoms with Crippen molar-refractivity contribution in [1.82, 2.24) is 15.5 Å². The predicted molar refractivity (Wildman–Crippen MR) is 75.8 cm³/mol. The number of nitrogens with zero attached hydrogens (tertiary/aromatic N) is 1. The Morgan fingerprint density at radius 1 is 1.15 bits per heavy atom. The topological polar surface area (TPSA) is 86.9 Å². The fourth-order valence-corrected chi connectivity index (χ4v) is 2.00. The average molecular weight is 272 g/mol. The Morgan fingerprint density at radius 3 is 2.45 bits per heavy atom. The van der Waals surface area contributed by atoms with Crippen LogP contribution in [0.25, 0.3) is 0 Å². The Kier molecular flexibility index (Phi) is 3.84. The van der Waals surface area contributed by atoms with E-state index in [9.17, 15) is 9.59 Å². The van der Waals surface area contributed by atoms with Crippen LogP contribution >= 0.6 is 0 Å². The zero-order valence-corrected chi connectivity index (χ0v) is 11.6. The summed E-state index contributed by atoms with van der Waals surface area (Å²) in [6.07, 6.45) is 0. The van der Waals surface area contributed by atoms with Crippen molar-refractivity contribution in [2.24, 2.45) is 0 Å². The highest BCUT2D eigenvalue weighted by Crippen LogP contribution is 2.18. The fourth-order valence-electron chi connectivity index (χ4n) is 2.00. The maximum atomic E-state index is 12.3. The van der Waals surface area contributed by atoms with Crippen molar-refractivity contribution in [3.8, 4) is 0 Å². The predicted octanol–water partition coefficient (Wildman–Crippen LogP) is 1.64. The number of amides is 2. The second-order valence-electron chi connectivity index (χ2n) is 4.39. The number of hydrogen-bond donors (Lipinski definition) is 3. The first-order valence-corrected chi connectivity index (χ1v) is 6.18. The molecule has 0 atom stereocenters. The van der Waals surface area contributed by atoms with Crippen LogP contribution in [-0.2, 0) is 0 Å². The van der Waals surface area contributed by atoms with Gasteiger partial charge in [0.1, 0.15) is 0 Å². The lowest BCUT2D eigenvalue weighted by Gasteiger charge is -2.10. The molecule has 2 amide bonds. The number of carbonyl (C=O) groups is 2. The minimum Gasteiger partial charge on any atom is -0.355 e. The summed E-state index contributed by atoms with van der Waals surface area (Å²) < 4.78 is 0. The van der Waals surface area contributed by atoms with Crippen LogP contribution in [0.1, 0.15) is 32.1 Å². The zero-order chi connectivity index (χ0) is 14.7. The molecule has 0 spiro atoms. The standard InChI is InChI=1S/C14H16N4O2/c1-8-12(9(2)18-17-8)14(20)16-11-7-5-4-6-10(11)13(19)15-3/h4-7H,1-3H3,(H,15,19)(H,16,20)(H,17,18). The van der Waals surface area contributed by atoms with Crippen LogP contribution in [0.4, 0.5) is 5.69 Å². The first kappa shape index (κ1) is 13.8. The van der Waals surface area contributed by atoms with E-state index in [0.717, 1.165) is 0 Å². The number of aromatic amines is 1. The summed E-state index contributed by atoms with van der Waals surface area (Å²) in [6, 6.07) is 6.85. The number of H-pyrrole nitrogens is 1. The maximum Gasteiger partial charge on any atom is 0.259 e. The maximum absolute atomic E-state index is 12.3. The first-order chi connectivity index (χ1) is 9.54. The molecule has 1 aromatic heterocycles. The van der Waals surface area contributed by atoms with Crippen molar-refractivity contribution >= 4 is 17.5 Å². The highest BCUT2D eigenvalue weighted by molar-refractivity contribution is 6.09. The van der Waals surface area contributed by atoms with E-state index in [2.05, 4.69) is 20.8 Å². The third-order valence-electron chi connectivity index (χ3n) is 3.00. The number of para-hydroxylation sites is 1. The Bertz CT molecular complexity index is 641. The fraction of sp³-hybridized carbons (Fsp3) is 0.214. The van der Waals surface area contributed by atoms with Crippen molar-refractivity contribution in [1.29, 1.82) is 0 Å². The number of aromatic nitrogens is 2. The molecule has 1 aromatic carbocycles. The minimum absolute atomic E-state index is 0.249. The van der Waals surface area contributed by atoms with E-state index in [1.54, 1.807) is 45.2 Å². The number of benzene rings is 1. The van der Waals surface area contributed by atoms with Gasteiger partial charge in [0.05, 0.1) is 22.5 Å². The molecule has 104 valence electrons. The number of rotatable bonds is 3. The molecule has 0 unspecified atom stereocenters. The average Bonchev–Trinajstić information content (AvgIpc) is 2.78. The summed E-state index contributed by atoms with van der Waals surface area (Å²) in [5, 5.41) is 12.0. The van der Waals surface area contributed by atoms with E-state index in [4.69, 9.17) is 0 Å². The molecule has 6 nitrogen and oxygen atoms in total. The molecule has 0 fully saturated rings. The molecule has 2 aromatic rings. The van der Waals surface area contributed by atoms with Gasteiger partial charge in [-0.15, -0.1) is 0 Å². The molecule has 1 heterocycles. The van der Waals surface area contributed by atoms with Gasteiger partial charge in [0.15, 0.2) is 0 Å². The number of hydrogen-bond acceptors (Lipinski definition) is 3. The summed E-state index contributed by atoms with van der Waals surface area (Å²) in [7, 11) is 1.55. The Balaban J connectivity index is 2.31. The number of nitrogens with one attached hydrogen (secondary N) is 3. The minimum atomic E-state index is -0.287. The number of carbonyl (C=O) groups excluding carboxylic acids is 2. The summed E-state index contributed by atoms with van der Waals surface area (Å²) in [4.78, 5) is 24.0. The van der Waals surface area contributed by atoms with Gasteiger partial charge in [0.2, 0.25) is 0 Å². The van der Waals surface area contributed by atoms with Gasteiger partial charge in [-0.3, -0.25) is 14.7 Å². The van der Waals surface area contributed by atoms with Crippen molar-refractivity contribution in [2.75, 3.05) is 12.4 Å². The van der Waals surface area contributed by atoms with Crippen LogP contribution in [0.2, 0.25) is 0 Å². The molecular weight excluding hydrogens is 256 g/mol. The normalized spacial score (nSPS) is 10.2. The molecule has 6 heteroatoms. The van der Waals surface area contributed by atoms with Crippen molar-refractivity contribution < 1.29 is 9.59 Å². The molecule has 0 saturated heterocycles. The molecule has 0 saturated carbocycles. The van der Waals surface area contributed by atoms with Crippen LogP contribution in [0, 0.1) is 13.8 Å². The molecule has 0 aliphatic carbocycles. The molecule has 3 N–H and O–H groups in total. The van der Waals surface area contributed by atoms with E-state index in [1.165, 1.54) is 0 Å². The van der Waals surface area contributed by atoms with Gasteiger partial charge < -0.3 is 10.6 Å². The van der Waals surface area contributed by atoms with Gasteiger partial charge in [0, 0.05) is 12.7 Å². The SMILES string of the molecule is CNC(=O)c1ccccc1NC(=O)c1c(C)n[nH]c1C. The number of aryl methyl sites for hydroxylation is 2. The summed E-state index contributed by atoms with van der Waals surface area (Å²) in [5.41, 5.74) is 2.70. The second-order valence-corrected chi connectivity index (χ2v) is 4.39. The molecule has 0 radical (unpaired) electrons. The molecule has 0 aliphatic rings. The molecule has 20 heavy (non-hydrogen) atoms. The van der Waals surface area contributed by atoms with Gasteiger partial charge in [-0.2, -0.15) is 5.10 Å². The first-order valence-electron chi connectivity index (χ1n) is 6.18. The highest BCUT2D eigenvalue weighted by atomic mass is 16.2. The quantitative estimate of drug-likeness (QED) is 0.793. The van der Waals surface area contributed by atoms with E-state index in [0.29, 0.717) is 28.2 Å². The Hall–Kier alpha value is -2.63. The van der Waals surface area contributed by atoms with Gasteiger partial charge in [-0.05, 0) is 26.0 Å². The third-order valence-corrected chi connectivity index (χ3v) is 3.00. The van der Waals surface area contributed by atoms with Gasteiger partial charge in [-0.25, -0.2) is 0 Å². The van der Waals surface area contributed by atoms with Crippen LogP contribution in [0.5, 0.6) is 0 Å². The molecule has 0 aliphatic heterocycles. The van der Waals surface area contributed by atoms with Gasteiger partial charge in [0.25, 0.3) is 11.8 Å². The Labute approximate surface area is 116 Å². The summed E-state index contributed by atoms with van der Waals surface area (Å²) in [6.45, 7) is 3.53. The van der Waals surface area contributed by atoms with Crippen LogP contribution in [-0.4, -0.2) is 29.1 Å². The summed E-state index contributed by atoms with van der Waals surface area (Å²) >= 11 is 0. The lowest BCUT2D eigenvalue weighted by atomic mass is 10.1. The summed E-state index contributed by atoms with van der Waals surface area (Å²) in [5.74, 6) is -0.536. The van der Waals surface area contributed by atoms with Crippen LogP contribution < -0.4 is 10.6 Å². The third kappa shape index (κ3) is 2.54. The molecule has 0 bridgehead atoms. The van der Waals surface area contributed by atoms with E-state index in [-0.39, 0.29) is 11.8 Å². The smallest absolute Gasteiger partial charge is 0.259 e.